The number of benzene rings is 2. The predicted octanol–water partition coefficient (Wildman–Crippen LogP) is 2.74. The molecule has 2 aromatic carbocycles. The normalized spacial score (nSPS) is 16.1. The van der Waals surface area contributed by atoms with Crippen molar-refractivity contribution in [3.05, 3.63) is 70.0 Å². The van der Waals surface area contributed by atoms with Gasteiger partial charge in [0.15, 0.2) is 0 Å². The van der Waals surface area contributed by atoms with E-state index in [4.69, 9.17) is 16.3 Å². The number of β-amino-alcohol motifs (C(OH)–C–C–N with tert-alkyl or cyclic N) is 1. The van der Waals surface area contributed by atoms with E-state index in [1.165, 1.54) is 6.07 Å². The minimum absolute atomic E-state index is 0.128. The Morgan fingerprint density at radius 1 is 1.07 bits per heavy atom. The molecule has 1 unspecified atom stereocenters. The molecule has 2 heterocycles. The molecule has 152 valence electrons. The van der Waals surface area contributed by atoms with Crippen LogP contribution in [0.15, 0.2) is 59.4 Å². The first-order valence-electron chi connectivity index (χ1n) is 9.74. The van der Waals surface area contributed by atoms with Gasteiger partial charge in [0.25, 0.3) is 0 Å². The van der Waals surface area contributed by atoms with Crippen molar-refractivity contribution in [2.24, 2.45) is 0 Å². The van der Waals surface area contributed by atoms with E-state index in [9.17, 15) is 9.90 Å². The number of aliphatic hydroxyl groups is 1. The molecule has 1 aromatic heterocycles. The van der Waals surface area contributed by atoms with Gasteiger partial charge in [0.2, 0.25) is 5.56 Å². The second-order valence-electron chi connectivity index (χ2n) is 7.30. The van der Waals surface area contributed by atoms with Gasteiger partial charge in [0, 0.05) is 60.4 Å². The Morgan fingerprint density at radius 2 is 1.90 bits per heavy atom. The Labute approximate surface area is 174 Å². The third-order valence-corrected chi connectivity index (χ3v) is 5.39. The number of nitrogens with zero attached hydrogens (tertiary/aromatic N) is 2. The number of nitrogens with one attached hydrogen (secondary N) is 1. The number of pyridine rings is 1. The average molecular weight is 414 g/mol. The van der Waals surface area contributed by atoms with Crippen molar-refractivity contribution in [1.29, 1.82) is 0 Å². The lowest BCUT2D eigenvalue weighted by atomic mass is 10.2. The molecule has 29 heavy (non-hydrogen) atoms. The zero-order valence-corrected chi connectivity index (χ0v) is 16.8. The van der Waals surface area contributed by atoms with E-state index in [0.29, 0.717) is 12.3 Å². The van der Waals surface area contributed by atoms with Gasteiger partial charge in [0.05, 0.1) is 0 Å². The van der Waals surface area contributed by atoms with Gasteiger partial charge in [-0.05, 0) is 42.5 Å². The molecule has 0 saturated carbocycles. The zero-order valence-electron chi connectivity index (χ0n) is 16.1. The summed E-state index contributed by atoms with van der Waals surface area (Å²) in [4.78, 5) is 18.7. The lowest BCUT2D eigenvalue weighted by Gasteiger charge is -2.36. The number of aromatic amines is 1. The standard InChI is InChI=1S/C22H24ClN3O3/c23-17-2-1-3-18(13-17)26-10-8-25(9-11-26)14-19(27)15-29-20-5-6-21-16(12-20)4-7-22(28)24-21/h1-7,12-13,19,27H,8-11,14-15H2,(H,24,28). The number of aliphatic hydroxyl groups excluding tert-OH is 1. The topological polar surface area (TPSA) is 68.8 Å². The molecule has 2 N–H and O–H groups in total. The fourth-order valence-electron chi connectivity index (χ4n) is 3.63. The molecule has 0 radical (unpaired) electrons. The lowest BCUT2D eigenvalue weighted by Crippen LogP contribution is -2.49. The highest BCUT2D eigenvalue weighted by molar-refractivity contribution is 6.30. The number of hydrogen-bond donors (Lipinski definition) is 2. The van der Waals surface area contributed by atoms with Gasteiger partial charge in [-0.2, -0.15) is 0 Å². The molecular weight excluding hydrogens is 390 g/mol. The number of hydrogen-bond acceptors (Lipinski definition) is 5. The van der Waals surface area contributed by atoms with Gasteiger partial charge in [-0.15, -0.1) is 0 Å². The third-order valence-electron chi connectivity index (χ3n) is 5.15. The maximum atomic E-state index is 11.4. The summed E-state index contributed by atoms with van der Waals surface area (Å²) in [6.07, 6.45) is -0.570. The SMILES string of the molecule is O=c1ccc2cc(OCC(O)CN3CCN(c4cccc(Cl)c4)CC3)ccc2[nH]1. The summed E-state index contributed by atoms with van der Waals surface area (Å²) in [6, 6.07) is 16.6. The number of H-pyrrole nitrogens is 1. The predicted molar refractivity (Wildman–Crippen MR) is 116 cm³/mol. The second kappa shape index (κ2) is 8.86. The van der Waals surface area contributed by atoms with Crippen molar-refractivity contribution in [3.8, 4) is 5.75 Å². The smallest absolute Gasteiger partial charge is 0.248 e. The lowest BCUT2D eigenvalue weighted by molar-refractivity contribution is 0.0663. The van der Waals surface area contributed by atoms with Gasteiger partial charge in [0.1, 0.15) is 18.5 Å². The van der Waals surface area contributed by atoms with Crippen molar-refractivity contribution in [2.75, 3.05) is 44.2 Å². The van der Waals surface area contributed by atoms with Crippen molar-refractivity contribution in [2.45, 2.75) is 6.10 Å². The highest BCUT2D eigenvalue weighted by atomic mass is 35.5. The van der Waals surface area contributed by atoms with E-state index in [-0.39, 0.29) is 12.2 Å². The first kappa shape index (κ1) is 19.8. The molecule has 0 aliphatic carbocycles. The quantitative estimate of drug-likeness (QED) is 0.650. The maximum Gasteiger partial charge on any atom is 0.248 e. The molecule has 0 amide bonds. The molecular formula is C22H24ClN3O3. The Kier molecular flexibility index (Phi) is 6.04. The summed E-state index contributed by atoms with van der Waals surface area (Å²) in [5.41, 5.74) is 1.78. The largest absolute Gasteiger partial charge is 0.491 e. The Hall–Kier alpha value is -2.54. The number of piperazine rings is 1. The molecule has 0 spiro atoms. The van der Waals surface area contributed by atoms with Crippen LogP contribution in [0.3, 0.4) is 0 Å². The average Bonchev–Trinajstić information content (AvgIpc) is 2.73. The van der Waals surface area contributed by atoms with Crippen LogP contribution in [0, 0.1) is 0 Å². The summed E-state index contributed by atoms with van der Waals surface area (Å²) >= 11 is 6.09. The molecule has 1 aliphatic heterocycles. The van der Waals surface area contributed by atoms with E-state index >= 15 is 0 Å². The summed E-state index contributed by atoms with van der Waals surface area (Å²) < 4.78 is 5.76. The molecule has 1 aliphatic rings. The monoisotopic (exact) mass is 413 g/mol. The second-order valence-corrected chi connectivity index (χ2v) is 7.74. The van der Waals surface area contributed by atoms with Crippen LogP contribution in [0.2, 0.25) is 5.02 Å². The van der Waals surface area contributed by atoms with Crippen LogP contribution in [0.4, 0.5) is 5.69 Å². The van der Waals surface area contributed by atoms with E-state index in [2.05, 4.69) is 20.9 Å². The van der Waals surface area contributed by atoms with Crippen molar-refractivity contribution in [1.82, 2.24) is 9.88 Å². The van der Waals surface area contributed by atoms with Crippen molar-refractivity contribution >= 4 is 28.2 Å². The van der Waals surface area contributed by atoms with E-state index in [1.54, 1.807) is 12.1 Å². The summed E-state index contributed by atoms with van der Waals surface area (Å²) in [6.45, 7) is 4.36. The zero-order chi connectivity index (χ0) is 20.2. The number of rotatable bonds is 6. The molecule has 3 aromatic rings. The first-order valence-corrected chi connectivity index (χ1v) is 10.1. The molecule has 4 rings (SSSR count). The number of fused-ring (bicyclic) bond motifs is 1. The maximum absolute atomic E-state index is 11.4. The fourth-order valence-corrected chi connectivity index (χ4v) is 3.81. The fraction of sp³-hybridized carbons (Fsp3) is 0.318. The van der Waals surface area contributed by atoms with Crippen LogP contribution < -0.4 is 15.2 Å². The number of aromatic nitrogens is 1. The number of anilines is 1. The van der Waals surface area contributed by atoms with Crippen LogP contribution in [-0.4, -0.2) is 60.4 Å². The first-order chi connectivity index (χ1) is 14.1. The Bertz CT molecular complexity index is 1030. The van der Waals surface area contributed by atoms with E-state index < -0.39 is 6.10 Å². The highest BCUT2D eigenvalue weighted by Crippen LogP contribution is 2.21. The summed E-state index contributed by atoms with van der Waals surface area (Å²) in [5.74, 6) is 0.675. The van der Waals surface area contributed by atoms with Gasteiger partial charge in [-0.1, -0.05) is 17.7 Å². The van der Waals surface area contributed by atoms with Gasteiger partial charge in [-0.25, -0.2) is 0 Å². The van der Waals surface area contributed by atoms with Crippen LogP contribution >= 0.6 is 11.6 Å². The molecule has 6 nitrogen and oxygen atoms in total. The van der Waals surface area contributed by atoms with E-state index in [1.807, 2.05) is 30.3 Å². The molecule has 1 fully saturated rings. The minimum Gasteiger partial charge on any atom is -0.491 e. The molecule has 1 saturated heterocycles. The summed E-state index contributed by atoms with van der Waals surface area (Å²) in [5, 5.41) is 12.0. The molecule has 7 heteroatoms. The molecule has 1 atom stereocenters. The minimum atomic E-state index is -0.570. The Balaban J connectivity index is 1.25. The van der Waals surface area contributed by atoms with Gasteiger partial charge < -0.3 is 19.7 Å². The van der Waals surface area contributed by atoms with Crippen LogP contribution in [0.5, 0.6) is 5.75 Å². The van der Waals surface area contributed by atoms with Crippen molar-refractivity contribution in [3.63, 3.8) is 0 Å². The van der Waals surface area contributed by atoms with Crippen LogP contribution in [0.25, 0.3) is 10.9 Å². The highest BCUT2D eigenvalue weighted by Gasteiger charge is 2.20. The Morgan fingerprint density at radius 3 is 2.69 bits per heavy atom. The number of halogens is 1. The summed E-state index contributed by atoms with van der Waals surface area (Å²) in [7, 11) is 0. The third kappa shape index (κ3) is 5.09. The van der Waals surface area contributed by atoms with Gasteiger partial charge >= 0.3 is 0 Å². The molecule has 0 bridgehead atoms. The van der Waals surface area contributed by atoms with Gasteiger partial charge in [-0.3, -0.25) is 9.69 Å². The number of ether oxygens (including phenoxy) is 1. The van der Waals surface area contributed by atoms with E-state index in [0.717, 1.165) is 47.8 Å². The van der Waals surface area contributed by atoms with Crippen molar-refractivity contribution < 1.29 is 9.84 Å². The van der Waals surface area contributed by atoms with Crippen LogP contribution in [0.1, 0.15) is 0 Å². The van der Waals surface area contributed by atoms with Crippen LogP contribution in [-0.2, 0) is 0 Å².